The first-order chi connectivity index (χ1) is 59.1. The van der Waals surface area contributed by atoms with Crippen LogP contribution in [-0.2, 0) is 151 Å². The van der Waals surface area contributed by atoms with Crippen LogP contribution in [0.2, 0.25) is 0 Å². The van der Waals surface area contributed by atoms with Crippen LogP contribution in [0, 0.1) is 11.8 Å². The number of ether oxygens (including phenoxy) is 10. The average Bonchev–Trinajstić information content (AvgIpc) is 0.840. The molecule has 0 saturated carbocycles. The van der Waals surface area contributed by atoms with Gasteiger partial charge < -0.3 is 110 Å². The van der Waals surface area contributed by atoms with Crippen molar-refractivity contribution < 1.29 is 179 Å². The summed E-state index contributed by atoms with van der Waals surface area (Å²) in [4.78, 5) is 184. The third-order valence-corrected chi connectivity index (χ3v) is 16.7. The van der Waals surface area contributed by atoms with Gasteiger partial charge in [-0.3, -0.25) is 52.7 Å². The number of esters is 8. The summed E-state index contributed by atoms with van der Waals surface area (Å²) in [5.74, 6) is -8.88. The molecule has 11 N–H and O–H groups in total. The van der Waals surface area contributed by atoms with Gasteiger partial charge in [-0.2, -0.15) is 0 Å². The Morgan fingerprint density at radius 3 is 0.953 bits per heavy atom. The van der Waals surface area contributed by atoms with E-state index in [2.05, 4.69) is 101 Å². The van der Waals surface area contributed by atoms with Crippen LogP contribution in [0.4, 0.5) is 9.59 Å². The molecule has 5 aromatic carbocycles. The number of methoxy groups -OCH3 is 8. The molecule has 5 rings (SSSR count). The number of nitrogens with one attached hydrogen (secondary N) is 2. The van der Waals surface area contributed by atoms with Crippen molar-refractivity contribution in [2.45, 2.75) is 199 Å². The summed E-state index contributed by atoms with van der Waals surface area (Å²) in [5, 5.41) is 40.0. The summed E-state index contributed by atoms with van der Waals surface area (Å²) in [6, 6.07) is 41.1. The Labute approximate surface area is 784 Å². The average molecular weight is 1900 g/mol. The third-order valence-electron chi connectivity index (χ3n) is 16.1. The molecule has 41 heteroatoms. The van der Waals surface area contributed by atoms with Crippen LogP contribution in [-0.4, -0.2) is 232 Å². The number of aliphatic carboxylic acids is 3. The summed E-state index contributed by atoms with van der Waals surface area (Å²) in [7, 11) is 10.1. The van der Waals surface area contributed by atoms with Crippen molar-refractivity contribution in [1.29, 1.82) is 0 Å². The molecule has 4 amide bonds. The number of carboxylic acid groups (broad SMARTS) is 3. The molecular weight excluding hydrogens is 1780 g/mol. The molecule has 0 aliphatic heterocycles. The number of nitrogens with two attached hydrogens (primary N) is 3. The van der Waals surface area contributed by atoms with Gasteiger partial charge in [-0.15, -0.1) is 12.4 Å². The normalized spacial score (nSPS) is 12.0. The molecule has 128 heavy (non-hydrogen) atoms. The van der Waals surface area contributed by atoms with Gasteiger partial charge in [0.1, 0.15) is 47.5 Å². The maximum absolute atomic E-state index is 13.3. The van der Waals surface area contributed by atoms with Gasteiger partial charge in [-0.05, 0) is 116 Å². The van der Waals surface area contributed by atoms with E-state index in [0.29, 0.717) is 0 Å². The molecule has 0 bridgehead atoms. The maximum Gasteiger partial charge on any atom is 1.00 e. The third kappa shape index (κ3) is 64.5. The molecule has 0 heterocycles. The molecule has 0 unspecified atom stereocenters. The van der Waals surface area contributed by atoms with Gasteiger partial charge in [0.2, 0.25) is 11.8 Å². The number of carbonyl (C=O) groups excluding carboxylic acids is 13. The Morgan fingerprint density at radius 2 is 0.695 bits per heavy atom. The molecule has 0 radical (unpaired) electrons. The maximum atomic E-state index is 13.3. The quantitative estimate of drug-likeness (QED) is 0.00536. The first-order valence-electron chi connectivity index (χ1n) is 38.7. The van der Waals surface area contributed by atoms with Crippen molar-refractivity contribution in [3.63, 3.8) is 0 Å². The van der Waals surface area contributed by atoms with E-state index in [9.17, 15) is 71.9 Å². The Bertz CT molecular complexity index is 3970. The molecule has 9 atom stereocenters. The van der Waals surface area contributed by atoms with Crippen molar-refractivity contribution in [1.82, 2.24) is 20.4 Å². The van der Waals surface area contributed by atoms with E-state index in [0.717, 1.165) is 54.1 Å². The summed E-state index contributed by atoms with van der Waals surface area (Å²) in [6.07, 6.45) is 0.322. The fraction of sp³-hybridized carbons (Fsp3) is 0.471. The summed E-state index contributed by atoms with van der Waals surface area (Å²) in [6.45, 7) is 18.2. The predicted octanol–water partition coefficient (Wildman–Crippen LogP) is 4.71. The molecule has 710 valence electrons. The van der Waals surface area contributed by atoms with E-state index in [1.54, 1.807) is 97.0 Å². The van der Waals surface area contributed by atoms with Crippen molar-refractivity contribution >= 4 is 124 Å². The number of alkyl carbamates (subject to hydrolysis) is 2. The SMILES string of the molecule is BrCc1ccccc1.COC(=O)C[C@@H](N)C(=O)N(Cc1ccccc1)[C@H](C)C(=O)O.COC(=O)C[C@@H](N)C(=O)O.COC(=O)C[C@@H](NC(=O)OC(C)(C)C)C(=O)N(Cc1ccccc1)[C@H](C)C(=O)OC.COC(=O)C[C@@H](NC(=O)OC(C)(C)C)C(=O)O.COC(=O)[C@H](C)CCc1ccccc1.COC(=O)[C@H](C)CCc1ccccc1.COC(=O)[C@H](C)N.Cl.O=CO[O-].[Na+]. The fourth-order valence-corrected chi connectivity index (χ4v) is 9.54. The number of carboxylic acids is 3. The van der Waals surface area contributed by atoms with Crippen molar-refractivity contribution in [2.75, 3.05) is 56.9 Å². The van der Waals surface area contributed by atoms with E-state index in [1.165, 1.54) is 85.2 Å². The van der Waals surface area contributed by atoms with Gasteiger partial charge >= 0.3 is 107 Å². The van der Waals surface area contributed by atoms with E-state index in [-0.39, 0.29) is 104 Å². The van der Waals surface area contributed by atoms with E-state index in [1.807, 2.05) is 80.6 Å². The second-order valence-electron chi connectivity index (χ2n) is 28.5. The molecule has 0 saturated heterocycles. The van der Waals surface area contributed by atoms with Gasteiger partial charge in [0.05, 0.1) is 100 Å². The minimum absolute atomic E-state index is 0. The van der Waals surface area contributed by atoms with E-state index >= 15 is 0 Å². The van der Waals surface area contributed by atoms with Crippen LogP contribution >= 0.6 is 28.3 Å². The van der Waals surface area contributed by atoms with E-state index < -0.39 is 138 Å². The van der Waals surface area contributed by atoms with Crippen LogP contribution in [0.15, 0.2) is 152 Å². The van der Waals surface area contributed by atoms with Crippen LogP contribution < -0.4 is 62.6 Å². The molecule has 38 nitrogen and oxygen atoms in total. The van der Waals surface area contributed by atoms with Gasteiger partial charge in [-0.25, -0.2) is 24.0 Å². The van der Waals surface area contributed by atoms with Gasteiger partial charge in [-0.1, -0.05) is 181 Å². The molecule has 0 spiro atoms. The van der Waals surface area contributed by atoms with Gasteiger partial charge in [0, 0.05) is 18.4 Å². The number of nitrogens with zero attached hydrogens (tertiary/aromatic N) is 2. The van der Waals surface area contributed by atoms with Crippen LogP contribution in [0.25, 0.3) is 0 Å². The largest absolute Gasteiger partial charge is 1.00 e. The minimum Gasteiger partial charge on any atom is -0.662 e. The first kappa shape index (κ1) is 128. The zero-order valence-corrected chi connectivity index (χ0v) is 80.6. The number of carbonyl (C=O) groups is 16. The monoisotopic (exact) mass is 1900 g/mol. The van der Waals surface area contributed by atoms with Gasteiger partial charge in [0.25, 0.3) is 6.47 Å². The molecule has 0 fully saturated rings. The standard InChI is InChI=1S/C21H30N2O7.C15H20N2O5.2C12H16O2.C10H17NO6.C7H7Br.C5H9NO4.C4H9NO2.CH2O3.ClH.Na/c1-14(19(26)29-6)23(13-15-10-8-7-9-11-15)18(25)16(12-17(24)28-5)22-20(27)30-21(2,3)4;1-10(15(20)21)17(9-11-6-4-3-5-7-11)14(19)12(16)8-13(18)22-2;2*1-10(12(13)14-2)8-9-11-6-4-3-5-7-11;1-10(2,3)17-9(15)11-6(8(13)14)5-7(12)16-4;8-6-7-4-2-1-3-5-7;1-10-4(7)2-3(6)5(8)9;1-3(5)4(6)7-2;2-1-4-3;;/h7-11,14,16H,12-13H2,1-6H3,(H,22,27);3-7,10,12H,8-9,16H2,1-2H3,(H,20,21);2*3-7,10H,8-9H2,1-2H3;6H,5H2,1-4H3,(H,11,15)(H,13,14);1-5H,6H2;3H,2,6H2,1H3,(H,8,9);3H,5H2,1-2H3;1,3H;1H;/q;;;;;;;;;;+1/p-1/t14-,16-;10-,12-;2*10-;6-;;2*3-;;;/m11111.10.../s1. The summed E-state index contributed by atoms with van der Waals surface area (Å²) < 4.78 is 46.0. The number of alkyl halides is 1. The molecule has 0 aliphatic rings. The summed E-state index contributed by atoms with van der Waals surface area (Å²) in [5.41, 5.74) is 19.6. The molecular formula is C87H126BrClN7NaO31. The Kier molecular flexibility index (Phi) is 73.6. The number of aryl methyl sites for hydroxylation is 2. The van der Waals surface area contributed by atoms with Crippen molar-refractivity contribution in [3.8, 4) is 0 Å². The van der Waals surface area contributed by atoms with Crippen LogP contribution in [0.5, 0.6) is 0 Å². The Hall–Kier alpha value is -11.2. The number of halogens is 2. The molecule has 5 aromatic rings. The number of hydrogen-bond donors (Lipinski definition) is 8. The van der Waals surface area contributed by atoms with Crippen LogP contribution in [0.1, 0.15) is 143 Å². The minimum atomic E-state index is -1.36. The number of rotatable bonds is 33. The number of amides is 4. The Morgan fingerprint density at radius 1 is 0.406 bits per heavy atom. The van der Waals surface area contributed by atoms with E-state index in [4.69, 9.17) is 56.8 Å². The molecule has 0 aromatic heterocycles. The topological polar surface area (TPSA) is 567 Å². The van der Waals surface area contributed by atoms with Crippen molar-refractivity contribution in [3.05, 3.63) is 179 Å². The number of hydrogen-bond acceptors (Lipinski definition) is 31. The molecule has 0 aliphatic carbocycles. The summed E-state index contributed by atoms with van der Waals surface area (Å²) >= 11 is 3.36. The van der Waals surface area contributed by atoms with Crippen molar-refractivity contribution in [2.24, 2.45) is 29.0 Å². The predicted molar refractivity (Wildman–Crippen MR) is 468 cm³/mol. The second-order valence-corrected chi connectivity index (χ2v) is 29.1. The number of benzene rings is 5. The zero-order valence-electron chi connectivity index (χ0n) is 76.2. The Balaban J connectivity index is -0.000000342. The first-order valence-corrected chi connectivity index (χ1v) is 39.8. The van der Waals surface area contributed by atoms with Crippen LogP contribution in [0.3, 0.4) is 0 Å². The fourth-order valence-electron chi connectivity index (χ4n) is 9.16. The smallest absolute Gasteiger partial charge is 0.662 e. The van der Waals surface area contributed by atoms with Gasteiger partial charge in [0.15, 0.2) is 0 Å². The zero-order chi connectivity index (χ0) is 97.3. The second kappa shape index (κ2) is 73.8.